The molecule has 260 valence electrons. The third kappa shape index (κ3) is 5.90. The van der Waals surface area contributed by atoms with Crippen molar-refractivity contribution >= 4 is 32.4 Å². The fourth-order valence-corrected chi connectivity index (χ4v) is 7.53. The van der Waals surface area contributed by atoms with Crippen molar-refractivity contribution in [2.75, 3.05) is 0 Å². The van der Waals surface area contributed by atoms with Crippen molar-refractivity contribution < 1.29 is 0 Å². The number of hydrogen-bond acceptors (Lipinski definition) is 6. The molecule has 7 aromatic carbocycles. The Morgan fingerprint density at radius 2 is 0.929 bits per heavy atom. The Balaban J connectivity index is 1.14. The molecular weight excluding hydrogens is 685 g/mol. The number of pyridine rings is 2. The van der Waals surface area contributed by atoms with E-state index in [1.54, 1.807) is 0 Å². The lowest BCUT2D eigenvalue weighted by Crippen LogP contribution is -2.00. The molecule has 0 unspecified atom stereocenters. The molecular formula is C50H30N6. The van der Waals surface area contributed by atoms with Gasteiger partial charge in [-0.15, -0.1) is 0 Å². The maximum absolute atomic E-state index is 9.31. The summed E-state index contributed by atoms with van der Waals surface area (Å²) in [7, 11) is 0. The highest BCUT2D eigenvalue weighted by molar-refractivity contribution is 6.23. The molecule has 0 aliphatic rings. The molecule has 0 radical (unpaired) electrons. The summed E-state index contributed by atoms with van der Waals surface area (Å²) in [6.45, 7) is 0. The van der Waals surface area contributed by atoms with Gasteiger partial charge in [0, 0.05) is 57.4 Å². The third-order valence-corrected chi connectivity index (χ3v) is 10.3. The van der Waals surface area contributed by atoms with E-state index < -0.39 is 0 Å². The van der Waals surface area contributed by atoms with Gasteiger partial charge in [-0.3, -0.25) is 9.97 Å². The Morgan fingerprint density at radius 3 is 1.64 bits per heavy atom. The van der Waals surface area contributed by atoms with Crippen LogP contribution in [0.25, 0.3) is 100.0 Å². The molecule has 0 amide bonds. The average molecular weight is 715 g/mol. The number of nitriles is 1. The SMILES string of the molecule is N#Cc1ccc(-c2cncc(-c3cc4c5ccccc5c(-c5cccc(-c6nc(-c7ccccc7)nc(-c7ccccc7)n6)c5)cc4c4cccnc34)c2)cc1. The van der Waals surface area contributed by atoms with Crippen molar-refractivity contribution in [2.45, 2.75) is 0 Å². The van der Waals surface area contributed by atoms with E-state index in [2.05, 4.69) is 83.8 Å². The summed E-state index contributed by atoms with van der Waals surface area (Å²) in [5, 5.41) is 14.9. The smallest absolute Gasteiger partial charge is 0.164 e. The van der Waals surface area contributed by atoms with Crippen molar-refractivity contribution in [3.05, 3.63) is 188 Å². The number of fused-ring (bicyclic) bond motifs is 5. The van der Waals surface area contributed by atoms with Gasteiger partial charge in [0.25, 0.3) is 0 Å². The molecule has 6 heteroatoms. The lowest BCUT2D eigenvalue weighted by Gasteiger charge is -2.16. The fourth-order valence-electron chi connectivity index (χ4n) is 7.53. The van der Waals surface area contributed by atoms with E-state index in [-0.39, 0.29) is 0 Å². The first kappa shape index (κ1) is 32.7. The molecule has 6 nitrogen and oxygen atoms in total. The van der Waals surface area contributed by atoms with Gasteiger partial charge in [0.15, 0.2) is 17.5 Å². The van der Waals surface area contributed by atoms with Crippen LogP contribution in [0.1, 0.15) is 5.56 Å². The molecule has 0 spiro atoms. The van der Waals surface area contributed by atoms with E-state index in [1.807, 2.05) is 110 Å². The van der Waals surface area contributed by atoms with E-state index in [1.165, 1.54) is 0 Å². The van der Waals surface area contributed by atoms with Gasteiger partial charge in [0.05, 0.1) is 17.1 Å². The zero-order chi connectivity index (χ0) is 37.4. The minimum absolute atomic E-state index is 0.612. The van der Waals surface area contributed by atoms with Crippen LogP contribution in [0.3, 0.4) is 0 Å². The fraction of sp³-hybridized carbons (Fsp3) is 0. The van der Waals surface area contributed by atoms with Gasteiger partial charge < -0.3 is 0 Å². The molecule has 10 aromatic rings. The molecule has 0 atom stereocenters. The molecule has 0 aliphatic heterocycles. The van der Waals surface area contributed by atoms with Crippen LogP contribution < -0.4 is 0 Å². The normalized spacial score (nSPS) is 11.2. The molecule has 10 rings (SSSR count). The summed E-state index contributed by atoms with van der Waals surface area (Å²) in [4.78, 5) is 24.5. The van der Waals surface area contributed by atoms with Gasteiger partial charge in [-0.05, 0) is 80.7 Å². The standard InChI is InChI=1S/C50H30N6/c51-29-32-20-22-33(23-21-32)38-26-39(31-52-30-38)44-28-45-41-18-8-7-17-40(41)43(27-46(45)42-19-10-24-53-47(42)44)36-15-9-16-37(25-36)50-55-48(34-11-3-1-4-12-34)54-49(56-50)35-13-5-2-6-14-35/h1-28,30-31H. The molecule has 0 bridgehead atoms. The van der Waals surface area contributed by atoms with Crippen LogP contribution in [0.5, 0.6) is 0 Å². The first-order chi connectivity index (χ1) is 27.7. The van der Waals surface area contributed by atoms with Crippen LogP contribution in [0.15, 0.2) is 182 Å². The van der Waals surface area contributed by atoms with Crippen LogP contribution in [0.4, 0.5) is 0 Å². The van der Waals surface area contributed by atoms with Gasteiger partial charge in [-0.1, -0.05) is 121 Å². The first-order valence-corrected chi connectivity index (χ1v) is 18.4. The van der Waals surface area contributed by atoms with E-state index in [4.69, 9.17) is 19.9 Å². The van der Waals surface area contributed by atoms with Gasteiger partial charge in [-0.2, -0.15) is 5.26 Å². The number of hydrogen-bond donors (Lipinski definition) is 0. The molecule has 56 heavy (non-hydrogen) atoms. The zero-order valence-corrected chi connectivity index (χ0v) is 30.0. The zero-order valence-electron chi connectivity index (χ0n) is 30.0. The van der Waals surface area contributed by atoms with Crippen LogP contribution in [0, 0.1) is 11.3 Å². The quantitative estimate of drug-likeness (QED) is 0.159. The summed E-state index contributed by atoms with van der Waals surface area (Å²) in [6, 6.07) is 57.8. The van der Waals surface area contributed by atoms with Crippen LogP contribution >= 0.6 is 0 Å². The maximum atomic E-state index is 9.31. The van der Waals surface area contributed by atoms with E-state index >= 15 is 0 Å². The Morgan fingerprint density at radius 1 is 0.375 bits per heavy atom. The molecule has 3 aromatic heterocycles. The number of benzene rings is 7. The monoisotopic (exact) mass is 714 g/mol. The molecule has 0 fully saturated rings. The minimum Gasteiger partial charge on any atom is -0.263 e. The summed E-state index contributed by atoms with van der Waals surface area (Å²) >= 11 is 0. The summed E-state index contributed by atoms with van der Waals surface area (Å²) in [6.07, 6.45) is 5.61. The summed E-state index contributed by atoms with van der Waals surface area (Å²) < 4.78 is 0. The highest BCUT2D eigenvalue weighted by Crippen LogP contribution is 2.42. The van der Waals surface area contributed by atoms with Crippen molar-refractivity contribution in [3.63, 3.8) is 0 Å². The Hall–Kier alpha value is -7.88. The Kier molecular flexibility index (Phi) is 8.09. The number of nitrogens with zero attached hydrogens (tertiary/aromatic N) is 6. The maximum Gasteiger partial charge on any atom is 0.164 e. The van der Waals surface area contributed by atoms with Crippen molar-refractivity contribution in [1.82, 2.24) is 24.9 Å². The second kappa shape index (κ2) is 13.8. The molecule has 0 saturated carbocycles. The largest absolute Gasteiger partial charge is 0.263 e. The topological polar surface area (TPSA) is 88.2 Å². The second-order valence-electron chi connectivity index (χ2n) is 13.7. The third-order valence-electron chi connectivity index (χ3n) is 10.3. The first-order valence-electron chi connectivity index (χ1n) is 18.4. The van der Waals surface area contributed by atoms with E-state index in [9.17, 15) is 5.26 Å². The van der Waals surface area contributed by atoms with Crippen molar-refractivity contribution in [2.24, 2.45) is 0 Å². The van der Waals surface area contributed by atoms with Crippen LogP contribution in [-0.2, 0) is 0 Å². The lowest BCUT2D eigenvalue weighted by molar-refractivity contribution is 1.07. The molecule has 3 heterocycles. The van der Waals surface area contributed by atoms with Gasteiger partial charge in [0.1, 0.15) is 0 Å². The molecule has 0 aliphatic carbocycles. The average Bonchev–Trinajstić information content (AvgIpc) is 3.29. The highest BCUT2D eigenvalue weighted by Gasteiger charge is 2.18. The molecule has 0 N–H and O–H groups in total. The van der Waals surface area contributed by atoms with Gasteiger partial charge in [-0.25, -0.2) is 15.0 Å². The summed E-state index contributed by atoms with van der Waals surface area (Å²) in [5.41, 5.74) is 10.4. The van der Waals surface area contributed by atoms with Gasteiger partial charge in [0.2, 0.25) is 0 Å². The Bertz CT molecular complexity index is 3080. The summed E-state index contributed by atoms with van der Waals surface area (Å²) in [5.74, 6) is 1.87. The second-order valence-corrected chi connectivity index (χ2v) is 13.7. The van der Waals surface area contributed by atoms with Crippen LogP contribution in [0.2, 0.25) is 0 Å². The van der Waals surface area contributed by atoms with Crippen LogP contribution in [-0.4, -0.2) is 24.9 Å². The highest BCUT2D eigenvalue weighted by atomic mass is 15.0. The van der Waals surface area contributed by atoms with Gasteiger partial charge >= 0.3 is 0 Å². The Labute approximate surface area is 323 Å². The van der Waals surface area contributed by atoms with Crippen molar-refractivity contribution in [3.8, 4) is 73.6 Å². The molecule has 0 saturated heterocycles. The number of rotatable bonds is 6. The van der Waals surface area contributed by atoms with E-state index in [0.29, 0.717) is 23.0 Å². The number of aromatic nitrogens is 5. The predicted octanol–water partition coefficient (Wildman–Crippen LogP) is 12.0. The minimum atomic E-state index is 0.612. The van der Waals surface area contributed by atoms with E-state index in [0.717, 1.165) is 82.5 Å². The lowest BCUT2D eigenvalue weighted by atomic mass is 9.89. The predicted molar refractivity (Wildman–Crippen MR) is 225 cm³/mol. The van der Waals surface area contributed by atoms with Crippen molar-refractivity contribution in [1.29, 1.82) is 5.26 Å².